The van der Waals surface area contributed by atoms with Gasteiger partial charge in [0, 0.05) is 12.0 Å². The number of carbonyl (C=O) groups is 1. The predicted octanol–water partition coefficient (Wildman–Crippen LogP) is 7.70. The zero-order chi connectivity index (χ0) is 22.5. The normalized spacial score (nSPS) is 36.2. The summed E-state index contributed by atoms with van der Waals surface area (Å²) < 4.78 is 0. The average molecular weight is 437 g/mol. The molecule has 0 aromatic heterocycles. The highest BCUT2D eigenvalue weighted by molar-refractivity contribution is 5.75. The number of Topliss-reactive ketones (excluding diaryl/α,β-unsaturated/α-hetero) is 1. The molecule has 4 fully saturated rings. The van der Waals surface area contributed by atoms with Crippen molar-refractivity contribution in [1.82, 2.24) is 0 Å². The van der Waals surface area contributed by atoms with Crippen molar-refractivity contribution in [3.63, 3.8) is 0 Å². The Balaban J connectivity index is 1.49. The molecule has 1 aromatic carbocycles. The Bertz CT molecular complexity index is 817. The number of phenolic OH excluding ortho intramolecular Hbond substituents is 1. The number of hydrogen-bond acceptors (Lipinski definition) is 2. The van der Waals surface area contributed by atoms with E-state index in [-0.39, 0.29) is 5.41 Å². The second-order valence-corrected chi connectivity index (χ2v) is 12.4. The molecule has 2 heteroatoms. The highest BCUT2D eigenvalue weighted by atomic mass is 16.3. The maximum atomic E-state index is 11.6. The highest BCUT2D eigenvalue weighted by Gasteiger charge is 2.52. The summed E-state index contributed by atoms with van der Waals surface area (Å²) in [6.45, 7) is 6.42. The van der Waals surface area contributed by atoms with Crippen LogP contribution >= 0.6 is 0 Å². The van der Waals surface area contributed by atoms with Gasteiger partial charge in [-0.05, 0) is 129 Å². The molecule has 1 N–H and O–H groups in total. The van der Waals surface area contributed by atoms with Gasteiger partial charge in [-0.15, -0.1) is 0 Å². The molecule has 4 bridgehead atoms. The summed E-state index contributed by atoms with van der Waals surface area (Å²) in [7, 11) is 0. The summed E-state index contributed by atoms with van der Waals surface area (Å²) in [5.41, 5.74) is 4.53. The molecule has 0 spiro atoms. The van der Waals surface area contributed by atoms with Crippen molar-refractivity contribution < 1.29 is 9.90 Å². The van der Waals surface area contributed by atoms with Crippen LogP contribution in [0.1, 0.15) is 120 Å². The summed E-state index contributed by atoms with van der Waals surface area (Å²) in [5.74, 6) is 5.46. The fourth-order valence-electron chi connectivity index (χ4n) is 8.95. The Labute approximate surface area is 195 Å². The van der Waals surface area contributed by atoms with Crippen molar-refractivity contribution in [3.8, 4) is 5.75 Å². The van der Waals surface area contributed by atoms with Gasteiger partial charge in [0.2, 0.25) is 0 Å². The van der Waals surface area contributed by atoms with E-state index in [1.54, 1.807) is 12.5 Å². The molecule has 2 nitrogen and oxygen atoms in total. The van der Waals surface area contributed by atoms with Crippen LogP contribution in [0.5, 0.6) is 5.75 Å². The van der Waals surface area contributed by atoms with Gasteiger partial charge in [0.25, 0.3) is 0 Å². The van der Waals surface area contributed by atoms with Crippen molar-refractivity contribution >= 4 is 5.78 Å². The molecule has 0 saturated heterocycles. The number of aromatic hydroxyl groups is 1. The van der Waals surface area contributed by atoms with Crippen LogP contribution < -0.4 is 0 Å². The Morgan fingerprint density at radius 2 is 1.78 bits per heavy atom. The van der Waals surface area contributed by atoms with Crippen LogP contribution in [0.25, 0.3) is 0 Å². The fourth-order valence-corrected chi connectivity index (χ4v) is 8.95. The van der Waals surface area contributed by atoms with E-state index in [9.17, 15) is 9.90 Å². The molecule has 0 heterocycles. The van der Waals surface area contributed by atoms with Crippen LogP contribution in [-0.2, 0) is 16.6 Å². The fraction of sp³-hybridized carbons (Fsp3) is 0.767. The predicted molar refractivity (Wildman–Crippen MR) is 131 cm³/mol. The molecule has 4 saturated carbocycles. The van der Waals surface area contributed by atoms with Crippen LogP contribution in [0.4, 0.5) is 0 Å². The second-order valence-electron chi connectivity index (χ2n) is 12.4. The van der Waals surface area contributed by atoms with Gasteiger partial charge in [-0.1, -0.05) is 32.8 Å². The lowest BCUT2D eigenvalue weighted by Crippen LogP contribution is -2.48. The number of ketones is 1. The lowest BCUT2D eigenvalue weighted by Gasteiger charge is -2.57. The van der Waals surface area contributed by atoms with Gasteiger partial charge in [0.1, 0.15) is 11.5 Å². The van der Waals surface area contributed by atoms with Crippen molar-refractivity contribution in [2.24, 2.45) is 29.6 Å². The summed E-state index contributed by atoms with van der Waals surface area (Å²) in [5, 5.41) is 11.3. The smallest absolute Gasteiger partial charge is 0.129 e. The number of fused-ring (bicyclic) bond motifs is 1. The molecule has 5 aliphatic rings. The third-order valence-electron chi connectivity index (χ3n) is 10.1. The summed E-state index contributed by atoms with van der Waals surface area (Å²) in [4.78, 5) is 11.6. The number of unbranched alkanes of at least 4 members (excludes halogenated alkanes) is 1. The van der Waals surface area contributed by atoms with Crippen LogP contribution in [-0.4, -0.2) is 10.9 Å². The molecule has 5 aliphatic carbocycles. The van der Waals surface area contributed by atoms with Gasteiger partial charge in [0.05, 0.1) is 0 Å². The van der Waals surface area contributed by atoms with Crippen molar-refractivity contribution in [3.05, 3.63) is 28.8 Å². The first-order valence-corrected chi connectivity index (χ1v) is 13.7. The Morgan fingerprint density at radius 3 is 2.38 bits per heavy atom. The van der Waals surface area contributed by atoms with E-state index in [0.717, 1.165) is 37.0 Å². The number of benzene rings is 1. The highest BCUT2D eigenvalue weighted by Crippen LogP contribution is 2.62. The molecule has 0 aliphatic heterocycles. The lowest BCUT2D eigenvalue weighted by atomic mass is 9.47. The van der Waals surface area contributed by atoms with Gasteiger partial charge in [0.15, 0.2) is 0 Å². The molecule has 3 unspecified atom stereocenters. The van der Waals surface area contributed by atoms with E-state index >= 15 is 0 Å². The molecule has 6 rings (SSSR count). The topological polar surface area (TPSA) is 37.3 Å². The minimum absolute atomic E-state index is 0.246. The first kappa shape index (κ1) is 22.5. The first-order chi connectivity index (χ1) is 15.4. The van der Waals surface area contributed by atoms with Gasteiger partial charge in [-0.25, -0.2) is 0 Å². The van der Waals surface area contributed by atoms with Crippen LogP contribution in [0.15, 0.2) is 12.1 Å². The standard InChI is InChI=1S/C30H44O2/c1-4-5-6-26-25(19(2)7-8-20(3)31)10-9-24-14-29(32)28(15-27(24)26)30-16-21-11-22(17-30)13-23(12-21)18-30/h14-15,19,21-23,25-26,32H,4-13,16-18H2,1-3H3. The van der Waals surface area contributed by atoms with E-state index in [2.05, 4.69) is 26.0 Å². The molecule has 3 atom stereocenters. The SMILES string of the molecule is CCCCC1c2cc(C34CC5CC(CC(C5)C3)C4)c(O)cc2CCC1C(C)CCC(C)=O. The van der Waals surface area contributed by atoms with Gasteiger partial charge in [-0.3, -0.25) is 0 Å². The van der Waals surface area contributed by atoms with Crippen LogP contribution in [0.3, 0.4) is 0 Å². The molecular weight excluding hydrogens is 392 g/mol. The molecule has 1 aromatic rings. The van der Waals surface area contributed by atoms with Gasteiger partial charge < -0.3 is 9.90 Å². The van der Waals surface area contributed by atoms with Crippen molar-refractivity contribution in [2.75, 3.05) is 0 Å². The van der Waals surface area contributed by atoms with E-state index < -0.39 is 0 Å². The van der Waals surface area contributed by atoms with Crippen LogP contribution in [0, 0.1) is 29.6 Å². The molecule has 176 valence electrons. The summed E-state index contributed by atoms with van der Waals surface area (Å²) in [6.07, 6.45) is 16.1. The number of rotatable bonds is 8. The third-order valence-corrected chi connectivity index (χ3v) is 10.1. The molecule has 0 radical (unpaired) electrons. The van der Waals surface area contributed by atoms with Gasteiger partial charge >= 0.3 is 0 Å². The van der Waals surface area contributed by atoms with Crippen molar-refractivity contribution in [1.29, 1.82) is 0 Å². The summed E-state index contributed by atoms with van der Waals surface area (Å²) in [6, 6.07) is 4.70. The number of phenols is 1. The van der Waals surface area contributed by atoms with E-state index in [0.29, 0.717) is 29.3 Å². The maximum Gasteiger partial charge on any atom is 0.129 e. The van der Waals surface area contributed by atoms with Crippen molar-refractivity contribution in [2.45, 2.75) is 116 Å². The third kappa shape index (κ3) is 4.05. The van der Waals surface area contributed by atoms with E-state index in [1.807, 2.05) is 0 Å². The Morgan fingerprint density at radius 1 is 1.12 bits per heavy atom. The number of aryl methyl sites for hydroxylation is 1. The molecule has 32 heavy (non-hydrogen) atoms. The van der Waals surface area contributed by atoms with E-state index in [4.69, 9.17) is 0 Å². The quantitative estimate of drug-likeness (QED) is 0.453. The Kier molecular flexibility index (Phi) is 6.18. The van der Waals surface area contributed by atoms with Crippen LogP contribution in [0.2, 0.25) is 0 Å². The second kappa shape index (κ2) is 8.80. The largest absolute Gasteiger partial charge is 0.508 e. The zero-order valence-corrected chi connectivity index (χ0v) is 20.7. The monoisotopic (exact) mass is 436 g/mol. The van der Waals surface area contributed by atoms with E-state index in [1.165, 1.54) is 75.3 Å². The zero-order valence-electron chi connectivity index (χ0n) is 20.7. The lowest BCUT2D eigenvalue weighted by molar-refractivity contribution is -0.117. The molecular formula is C30H44O2. The average Bonchev–Trinajstić information content (AvgIpc) is 2.74. The summed E-state index contributed by atoms with van der Waals surface area (Å²) >= 11 is 0. The maximum absolute atomic E-state index is 11.6. The Hall–Kier alpha value is -1.31. The first-order valence-electron chi connectivity index (χ1n) is 13.7. The van der Waals surface area contributed by atoms with Gasteiger partial charge in [-0.2, -0.15) is 0 Å². The minimum atomic E-state index is 0.246. The minimum Gasteiger partial charge on any atom is -0.508 e. The molecule has 0 amide bonds. The number of carbonyl (C=O) groups excluding carboxylic acids is 1. The number of hydrogen-bond donors (Lipinski definition) is 1.